The molecule has 0 aliphatic carbocycles. The third-order valence-corrected chi connectivity index (χ3v) is 1.74. The van der Waals surface area contributed by atoms with Crippen LogP contribution in [0.5, 0.6) is 0 Å². The average molecular weight is 178 g/mol. The Kier molecular flexibility index (Phi) is 7.39. The SMILES string of the molecule is OCCCC(O)CCC(O)CO. The predicted octanol–water partition coefficient (Wildman–Crippen LogP) is -0.747. The van der Waals surface area contributed by atoms with Gasteiger partial charge in [-0.05, 0) is 25.7 Å². The van der Waals surface area contributed by atoms with Gasteiger partial charge in [0.25, 0.3) is 0 Å². The number of aliphatic hydroxyl groups excluding tert-OH is 4. The van der Waals surface area contributed by atoms with Crippen molar-refractivity contribution in [3.63, 3.8) is 0 Å². The van der Waals surface area contributed by atoms with Crippen molar-refractivity contribution in [2.45, 2.75) is 37.9 Å². The summed E-state index contributed by atoms with van der Waals surface area (Å²) >= 11 is 0. The van der Waals surface area contributed by atoms with Gasteiger partial charge in [0.15, 0.2) is 0 Å². The third kappa shape index (κ3) is 6.54. The lowest BCUT2D eigenvalue weighted by Crippen LogP contribution is -2.16. The molecule has 0 amide bonds. The van der Waals surface area contributed by atoms with Crippen molar-refractivity contribution in [3.05, 3.63) is 0 Å². The number of aliphatic hydroxyl groups is 4. The largest absolute Gasteiger partial charge is 0.396 e. The van der Waals surface area contributed by atoms with Gasteiger partial charge in [0, 0.05) is 6.61 Å². The fourth-order valence-electron chi connectivity index (χ4n) is 0.947. The van der Waals surface area contributed by atoms with Crippen LogP contribution in [0.3, 0.4) is 0 Å². The molecule has 2 unspecified atom stereocenters. The van der Waals surface area contributed by atoms with Crippen molar-refractivity contribution in [1.29, 1.82) is 0 Å². The van der Waals surface area contributed by atoms with Crippen molar-refractivity contribution < 1.29 is 20.4 Å². The molecule has 74 valence electrons. The summed E-state index contributed by atoms with van der Waals surface area (Å²) in [4.78, 5) is 0. The predicted molar refractivity (Wildman–Crippen MR) is 44.7 cm³/mol. The second-order valence-corrected chi connectivity index (χ2v) is 2.93. The number of hydrogen-bond acceptors (Lipinski definition) is 4. The van der Waals surface area contributed by atoms with Gasteiger partial charge in [-0.3, -0.25) is 0 Å². The molecule has 0 aliphatic heterocycles. The highest BCUT2D eigenvalue weighted by Gasteiger charge is 2.07. The van der Waals surface area contributed by atoms with Gasteiger partial charge in [0.05, 0.1) is 18.8 Å². The second kappa shape index (κ2) is 7.49. The van der Waals surface area contributed by atoms with Gasteiger partial charge < -0.3 is 20.4 Å². The zero-order valence-corrected chi connectivity index (χ0v) is 7.19. The molecule has 0 bridgehead atoms. The van der Waals surface area contributed by atoms with E-state index in [0.717, 1.165) is 0 Å². The zero-order chi connectivity index (χ0) is 9.40. The van der Waals surface area contributed by atoms with E-state index >= 15 is 0 Å². The summed E-state index contributed by atoms with van der Waals surface area (Å²) in [5, 5.41) is 35.0. The van der Waals surface area contributed by atoms with Gasteiger partial charge in [0.1, 0.15) is 0 Å². The quantitative estimate of drug-likeness (QED) is 0.413. The minimum absolute atomic E-state index is 0.0829. The topological polar surface area (TPSA) is 80.9 Å². The van der Waals surface area contributed by atoms with Crippen LogP contribution in [-0.2, 0) is 0 Å². The first-order chi connectivity index (χ1) is 5.70. The van der Waals surface area contributed by atoms with Crippen molar-refractivity contribution in [2.75, 3.05) is 13.2 Å². The van der Waals surface area contributed by atoms with Crippen LogP contribution in [0.25, 0.3) is 0 Å². The van der Waals surface area contributed by atoms with Crippen LogP contribution in [0.4, 0.5) is 0 Å². The number of rotatable bonds is 7. The Morgan fingerprint density at radius 3 is 1.92 bits per heavy atom. The molecular formula is C8H18O4. The molecule has 4 nitrogen and oxygen atoms in total. The van der Waals surface area contributed by atoms with E-state index in [2.05, 4.69) is 0 Å². The molecule has 0 fully saturated rings. The average Bonchev–Trinajstić information content (AvgIpc) is 2.10. The van der Waals surface area contributed by atoms with Crippen LogP contribution < -0.4 is 0 Å². The van der Waals surface area contributed by atoms with Gasteiger partial charge in [-0.1, -0.05) is 0 Å². The van der Waals surface area contributed by atoms with E-state index < -0.39 is 12.2 Å². The van der Waals surface area contributed by atoms with Gasteiger partial charge in [0.2, 0.25) is 0 Å². The molecule has 0 aromatic rings. The first-order valence-corrected chi connectivity index (χ1v) is 4.28. The maximum absolute atomic E-state index is 9.22. The maximum Gasteiger partial charge on any atom is 0.0771 e. The van der Waals surface area contributed by atoms with Crippen LogP contribution in [0, 0.1) is 0 Å². The molecule has 0 radical (unpaired) electrons. The van der Waals surface area contributed by atoms with E-state index in [1.807, 2.05) is 0 Å². The Morgan fingerprint density at radius 1 is 0.833 bits per heavy atom. The Labute approximate surface area is 72.5 Å². The van der Waals surface area contributed by atoms with Gasteiger partial charge in [-0.25, -0.2) is 0 Å². The molecule has 0 saturated heterocycles. The summed E-state index contributed by atoms with van der Waals surface area (Å²) in [5.74, 6) is 0. The monoisotopic (exact) mass is 178 g/mol. The van der Waals surface area contributed by atoms with E-state index in [0.29, 0.717) is 25.7 Å². The molecule has 4 heteroatoms. The van der Waals surface area contributed by atoms with Crippen molar-refractivity contribution in [1.82, 2.24) is 0 Å². The van der Waals surface area contributed by atoms with E-state index in [1.165, 1.54) is 0 Å². The van der Waals surface area contributed by atoms with E-state index in [1.54, 1.807) is 0 Å². The summed E-state index contributed by atoms with van der Waals surface area (Å²) in [5.41, 5.74) is 0. The Balaban J connectivity index is 3.24. The van der Waals surface area contributed by atoms with Crippen LogP contribution in [-0.4, -0.2) is 45.8 Å². The molecule has 0 spiro atoms. The second-order valence-electron chi connectivity index (χ2n) is 2.93. The molecule has 0 heterocycles. The minimum atomic E-state index is -0.728. The smallest absolute Gasteiger partial charge is 0.0771 e. The summed E-state index contributed by atoms with van der Waals surface area (Å²) in [7, 11) is 0. The molecule has 0 aromatic carbocycles. The van der Waals surface area contributed by atoms with Gasteiger partial charge in [-0.15, -0.1) is 0 Å². The highest BCUT2D eigenvalue weighted by atomic mass is 16.3. The summed E-state index contributed by atoms with van der Waals surface area (Å²) < 4.78 is 0. The fourth-order valence-corrected chi connectivity index (χ4v) is 0.947. The Morgan fingerprint density at radius 2 is 1.42 bits per heavy atom. The van der Waals surface area contributed by atoms with Crippen LogP contribution in [0.1, 0.15) is 25.7 Å². The molecule has 12 heavy (non-hydrogen) atoms. The first-order valence-electron chi connectivity index (χ1n) is 4.28. The molecule has 0 saturated carbocycles. The van der Waals surface area contributed by atoms with Crippen LogP contribution in [0.15, 0.2) is 0 Å². The number of hydrogen-bond donors (Lipinski definition) is 4. The molecule has 0 rings (SSSR count). The molecular weight excluding hydrogens is 160 g/mol. The molecule has 0 aromatic heterocycles. The molecule has 2 atom stereocenters. The third-order valence-electron chi connectivity index (χ3n) is 1.74. The van der Waals surface area contributed by atoms with E-state index in [4.69, 9.17) is 15.3 Å². The molecule has 4 N–H and O–H groups in total. The van der Waals surface area contributed by atoms with Crippen molar-refractivity contribution in [3.8, 4) is 0 Å². The standard InChI is InChI=1S/C8H18O4/c9-5-1-2-7(11)3-4-8(12)6-10/h7-12H,1-6H2. The van der Waals surface area contributed by atoms with E-state index in [-0.39, 0.29) is 13.2 Å². The lowest BCUT2D eigenvalue weighted by Gasteiger charge is -2.11. The van der Waals surface area contributed by atoms with Crippen molar-refractivity contribution in [2.24, 2.45) is 0 Å². The fraction of sp³-hybridized carbons (Fsp3) is 1.00. The maximum atomic E-state index is 9.22. The first kappa shape index (κ1) is 11.8. The summed E-state index contributed by atoms with van der Waals surface area (Å²) in [6.45, 7) is -0.174. The highest BCUT2D eigenvalue weighted by molar-refractivity contribution is 4.60. The van der Waals surface area contributed by atoms with Gasteiger partial charge in [-0.2, -0.15) is 0 Å². The molecule has 0 aliphatic rings. The highest BCUT2D eigenvalue weighted by Crippen LogP contribution is 2.06. The van der Waals surface area contributed by atoms with Crippen molar-refractivity contribution >= 4 is 0 Å². The normalized spacial score (nSPS) is 16.0. The van der Waals surface area contributed by atoms with Gasteiger partial charge >= 0.3 is 0 Å². The Hall–Kier alpha value is -0.160. The van der Waals surface area contributed by atoms with E-state index in [9.17, 15) is 5.11 Å². The van der Waals surface area contributed by atoms with Crippen LogP contribution >= 0.6 is 0 Å². The summed E-state index contributed by atoms with van der Waals surface area (Å²) in [6, 6.07) is 0. The lowest BCUT2D eigenvalue weighted by molar-refractivity contribution is 0.0648. The van der Waals surface area contributed by atoms with Crippen LogP contribution in [0.2, 0.25) is 0 Å². The Bertz CT molecular complexity index is 97.1. The zero-order valence-electron chi connectivity index (χ0n) is 7.19. The minimum Gasteiger partial charge on any atom is -0.396 e. The lowest BCUT2D eigenvalue weighted by atomic mass is 10.1. The summed E-state index contributed by atoms with van der Waals surface area (Å²) in [6.07, 6.45) is 0.808.